The Balaban J connectivity index is 1.76. The lowest BCUT2D eigenvalue weighted by Crippen LogP contribution is -2.10. The number of hydrogen-bond acceptors (Lipinski definition) is 1. The second-order valence-corrected chi connectivity index (χ2v) is 9.61. The van der Waals surface area contributed by atoms with Gasteiger partial charge in [0, 0.05) is 11.1 Å². The first-order chi connectivity index (χ1) is 16.5. The van der Waals surface area contributed by atoms with Gasteiger partial charge >= 0.3 is 0 Å². The minimum atomic E-state index is 0.119. The van der Waals surface area contributed by atoms with Crippen molar-refractivity contribution in [3.63, 3.8) is 0 Å². The highest BCUT2D eigenvalue weighted by molar-refractivity contribution is 6.16. The second kappa shape index (κ2) is 8.55. The van der Waals surface area contributed by atoms with Crippen molar-refractivity contribution < 1.29 is 0 Å². The van der Waals surface area contributed by atoms with Crippen LogP contribution in [-0.4, -0.2) is 0 Å². The summed E-state index contributed by atoms with van der Waals surface area (Å²) in [5.74, 6) is 6.78. The van der Waals surface area contributed by atoms with Gasteiger partial charge in [0.05, 0.1) is 11.6 Å². The highest BCUT2D eigenvalue weighted by Crippen LogP contribution is 2.39. The molecule has 0 heterocycles. The minimum absolute atomic E-state index is 0.119. The lowest BCUT2D eigenvalue weighted by atomic mass is 9.84. The Kier molecular flexibility index (Phi) is 5.41. The zero-order valence-electron chi connectivity index (χ0n) is 19.7. The van der Waals surface area contributed by atoms with Crippen LogP contribution < -0.4 is 0 Å². The van der Waals surface area contributed by atoms with Crippen molar-refractivity contribution in [2.45, 2.75) is 26.2 Å². The number of benzene rings is 5. The molecule has 0 aliphatic carbocycles. The molecule has 162 valence electrons. The van der Waals surface area contributed by atoms with Crippen LogP contribution in [0.3, 0.4) is 0 Å². The van der Waals surface area contributed by atoms with E-state index in [4.69, 9.17) is 5.26 Å². The van der Waals surface area contributed by atoms with Crippen molar-refractivity contribution in [2.24, 2.45) is 0 Å². The third-order valence-corrected chi connectivity index (χ3v) is 6.32. The lowest BCUT2D eigenvalue weighted by Gasteiger charge is -2.20. The molecule has 0 bridgehead atoms. The third kappa shape index (κ3) is 3.94. The maximum absolute atomic E-state index is 9.06. The SMILES string of the molecule is CC(C)(C)c1ccc(-c2c3ccccc3c(C#Cc3ccc(C#N)cc3)c3ccccc23)cc1. The normalized spacial score (nSPS) is 11.1. The van der Waals surface area contributed by atoms with Crippen molar-refractivity contribution in [1.29, 1.82) is 5.26 Å². The summed E-state index contributed by atoms with van der Waals surface area (Å²) in [6.07, 6.45) is 0. The molecular weight excluding hydrogens is 410 g/mol. The Labute approximate surface area is 201 Å². The van der Waals surface area contributed by atoms with E-state index in [0.717, 1.165) is 21.9 Å². The molecular formula is C33H25N. The predicted molar refractivity (Wildman–Crippen MR) is 143 cm³/mol. The highest BCUT2D eigenvalue weighted by atomic mass is 14.2. The number of fused-ring (bicyclic) bond motifs is 2. The highest BCUT2D eigenvalue weighted by Gasteiger charge is 2.16. The molecule has 0 aromatic heterocycles. The zero-order chi connectivity index (χ0) is 23.7. The fourth-order valence-electron chi connectivity index (χ4n) is 4.47. The van der Waals surface area contributed by atoms with Gasteiger partial charge < -0.3 is 0 Å². The van der Waals surface area contributed by atoms with E-state index in [1.807, 2.05) is 24.3 Å². The van der Waals surface area contributed by atoms with Gasteiger partial charge in [0.2, 0.25) is 0 Å². The number of hydrogen-bond donors (Lipinski definition) is 0. The molecule has 0 fully saturated rings. The van der Waals surface area contributed by atoms with E-state index in [-0.39, 0.29) is 5.41 Å². The van der Waals surface area contributed by atoms with Crippen LogP contribution in [0.2, 0.25) is 0 Å². The van der Waals surface area contributed by atoms with Crippen LogP contribution in [0.15, 0.2) is 97.1 Å². The second-order valence-electron chi connectivity index (χ2n) is 9.61. The standard InChI is InChI=1S/C33H25N/c1-33(2,3)26-19-17-25(18-20-26)32-30-10-6-4-8-27(30)29(28-9-5-7-11-31(28)32)21-16-23-12-14-24(22-34)15-13-23/h4-15,17-20H,1-3H3. The largest absolute Gasteiger partial charge is 0.192 e. The first kappa shape index (κ1) is 21.5. The smallest absolute Gasteiger partial charge is 0.0991 e. The minimum Gasteiger partial charge on any atom is -0.192 e. The van der Waals surface area contributed by atoms with Crippen LogP contribution in [0.25, 0.3) is 32.7 Å². The molecule has 0 saturated carbocycles. The molecule has 0 spiro atoms. The maximum atomic E-state index is 9.06. The van der Waals surface area contributed by atoms with Gasteiger partial charge in [-0.15, -0.1) is 0 Å². The van der Waals surface area contributed by atoms with E-state index in [1.54, 1.807) is 0 Å². The Morgan fingerprint density at radius 1 is 0.559 bits per heavy atom. The lowest BCUT2D eigenvalue weighted by molar-refractivity contribution is 0.590. The molecule has 0 aliphatic heterocycles. The summed E-state index contributed by atoms with van der Waals surface area (Å²) in [6, 6.07) is 35.7. The Morgan fingerprint density at radius 2 is 1.06 bits per heavy atom. The Morgan fingerprint density at radius 3 is 1.56 bits per heavy atom. The summed E-state index contributed by atoms with van der Waals surface area (Å²) < 4.78 is 0. The van der Waals surface area contributed by atoms with Crippen molar-refractivity contribution in [3.05, 3.63) is 119 Å². The molecule has 5 aromatic carbocycles. The van der Waals surface area contributed by atoms with E-state index in [2.05, 4.69) is 111 Å². The molecule has 0 N–H and O–H groups in total. The molecule has 5 aromatic rings. The molecule has 0 saturated heterocycles. The van der Waals surface area contributed by atoms with Crippen LogP contribution in [0, 0.1) is 23.2 Å². The molecule has 0 amide bonds. The van der Waals surface area contributed by atoms with Gasteiger partial charge in [-0.05, 0) is 67.9 Å². The fraction of sp³-hybridized carbons (Fsp3) is 0.121. The zero-order valence-corrected chi connectivity index (χ0v) is 19.7. The monoisotopic (exact) mass is 435 g/mol. The van der Waals surface area contributed by atoms with Gasteiger partial charge in [0.25, 0.3) is 0 Å². The molecule has 0 aliphatic rings. The van der Waals surface area contributed by atoms with Gasteiger partial charge in [-0.2, -0.15) is 5.26 Å². The molecule has 0 radical (unpaired) electrons. The van der Waals surface area contributed by atoms with Gasteiger partial charge in [0.1, 0.15) is 0 Å². The van der Waals surface area contributed by atoms with E-state index >= 15 is 0 Å². The summed E-state index contributed by atoms with van der Waals surface area (Å²) >= 11 is 0. The van der Waals surface area contributed by atoms with E-state index in [1.165, 1.54) is 27.5 Å². The van der Waals surface area contributed by atoms with E-state index in [0.29, 0.717) is 5.56 Å². The van der Waals surface area contributed by atoms with E-state index < -0.39 is 0 Å². The molecule has 0 unspecified atom stereocenters. The summed E-state index contributed by atoms with van der Waals surface area (Å²) in [4.78, 5) is 0. The summed E-state index contributed by atoms with van der Waals surface area (Å²) in [7, 11) is 0. The van der Waals surface area contributed by atoms with Gasteiger partial charge in [-0.25, -0.2) is 0 Å². The van der Waals surface area contributed by atoms with Crippen molar-refractivity contribution >= 4 is 21.5 Å². The number of nitrogens with zero attached hydrogens (tertiary/aromatic N) is 1. The maximum Gasteiger partial charge on any atom is 0.0991 e. The van der Waals surface area contributed by atoms with Crippen molar-refractivity contribution in [1.82, 2.24) is 0 Å². The molecule has 5 rings (SSSR count). The van der Waals surface area contributed by atoms with Crippen LogP contribution in [0.5, 0.6) is 0 Å². The summed E-state index contributed by atoms with van der Waals surface area (Å²) in [5.41, 5.74) is 6.48. The number of rotatable bonds is 1. The van der Waals surface area contributed by atoms with Crippen LogP contribution in [-0.2, 0) is 5.41 Å². The van der Waals surface area contributed by atoms with Crippen LogP contribution in [0.1, 0.15) is 43.0 Å². The topological polar surface area (TPSA) is 23.8 Å². The Bertz CT molecular complexity index is 1550. The summed E-state index contributed by atoms with van der Waals surface area (Å²) in [5, 5.41) is 13.8. The van der Waals surface area contributed by atoms with Crippen LogP contribution >= 0.6 is 0 Å². The summed E-state index contributed by atoms with van der Waals surface area (Å²) in [6.45, 7) is 6.73. The van der Waals surface area contributed by atoms with Crippen molar-refractivity contribution in [2.75, 3.05) is 0 Å². The average molecular weight is 436 g/mol. The van der Waals surface area contributed by atoms with Gasteiger partial charge in [-0.3, -0.25) is 0 Å². The molecule has 1 heteroatoms. The predicted octanol–water partition coefficient (Wildman–Crippen LogP) is 8.23. The van der Waals surface area contributed by atoms with Gasteiger partial charge in [0.15, 0.2) is 0 Å². The van der Waals surface area contributed by atoms with Crippen molar-refractivity contribution in [3.8, 4) is 29.0 Å². The average Bonchev–Trinajstić information content (AvgIpc) is 2.86. The molecule has 1 nitrogen and oxygen atoms in total. The Hall–Kier alpha value is -4.33. The molecule has 34 heavy (non-hydrogen) atoms. The fourth-order valence-corrected chi connectivity index (χ4v) is 4.47. The van der Waals surface area contributed by atoms with Crippen LogP contribution in [0.4, 0.5) is 0 Å². The first-order valence-electron chi connectivity index (χ1n) is 11.5. The quantitative estimate of drug-likeness (QED) is 0.192. The third-order valence-electron chi connectivity index (χ3n) is 6.32. The molecule has 0 atom stereocenters. The number of nitriles is 1. The first-order valence-corrected chi connectivity index (χ1v) is 11.5. The van der Waals surface area contributed by atoms with Gasteiger partial charge in [-0.1, -0.05) is 105 Å². The van der Waals surface area contributed by atoms with E-state index in [9.17, 15) is 0 Å².